The number of aromatic nitrogens is 4. The second-order valence-corrected chi connectivity index (χ2v) is 4.56. The maximum atomic E-state index is 11.2. The van der Waals surface area contributed by atoms with E-state index in [4.69, 9.17) is 11.6 Å². The number of hydrogen-bond donors (Lipinski definition) is 1. The summed E-state index contributed by atoms with van der Waals surface area (Å²) in [4.78, 5) is 19.4. The third-order valence-electron chi connectivity index (χ3n) is 2.72. The molecule has 0 aliphatic heterocycles. The van der Waals surface area contributed by atoms with E-state index in [0.717, 1.165) is 0 Å². The second kappa shape index (κ2) is 4.90. The lowest BCUT2D eigenvalue weighted by Gasteiger charge is -2.04. The molecule has 3 aromatic rings. The van der Waals surface area contributed by atoms with E-state index in [1.54, 1.807) is 16.9 Å². The number of amides is 1. The molecule has 0 bridgehead atoms. The Morgan fingerprint density at radius 3 is 2.90 bits per heavy atom. The lowest BCUT2D eigenvalue weighted by molar-refractivity contribution is -0.114. The Morgan fingerprint density at radius 2 is 2.15 bits per heavy atom. The Kier molecular flexibility index (Phi) is 3.08. The maximum absolute atomic E-state index is 11.2. The van der Waals surface area contributed by atoms with E-state index in [1.165, 1.54) is 13.3 Å². The predicted molar refractivity (Wildman–Crippen MR) is 76.0 cm³/mol. The lowest BCUT2D eigenvalue weighted by Crippen LogP contribution is -2.07. The zero-order valence-corrected chi connectivity index (χ0v) is 11.3. The molecule has 0 radical (unpaired) electrons. The van der Waals surface area contributed by atoms with Crippen LogP contribution in [0, 0.1) is 0 Å². The summed E-state index contributed by atoms with van der Waals surface area (Å²) in [6, 6.07) is 7.29. The molecule has 6 nitrogen and oxygen atoms in total. The van der Waals surface area contributed by atoms with Gasteiger partial charge >= 0.3 is 0 Å². The molecule has 0 aliphatic carbocycles. The van der Waals surface area contributed by atoms with Crippen LogP contribution < -0.4 is 5.32 Å². The molecule has 0 unspecified atom stereocenters. The molecule has 7 heteroatoms. The molecule has 1 N–H and O–H groups in total. The number of nitrogens with one attached hydrogen (secondary N) is 1. The number of carbonyl (C=O) groups is 1. The highest BCUT2D eigenvalue weighted by atomic mass is 35.5. The van der Waals surface area contributed by atoms with Crippen molar-refractivity contribution in [1.29, 1.82) is 0 Å². The molecule has 20 heavy (non-hydrogen) atoms. The van der Waals surface area contributed by atoms with Gasteiger partial charge in [0.15, 0.2) is 11.5 Å². The minimum absolute atomic E-state index is 0.209. The van der Waals surface area contributed by atoms with Crippen LogP contribution in [0.3, 0.4) is 0 Å². The fraction of sp³-hybridized carbons (Fsp3) is 0.0769. The normalized spacial score (nSPS) is 10.7. The first-order chi connectivity index (χ1) is 9.66. The average Bonchev–Trinajstić information content (AvgIpc) is 2.78. The van der Waals surface area contributed by atoms with Gasteiger partial charge in [-0.2, -0.15) is 0 Å². The van der Waals surface area contributed by atoms with Crippen molar-refractivity contribution >= 4 is 34.4 Å². The first-order valence-corrected chi connectivity index (χ1v) is 6.26. The molecule has 0 saturated carbocycles. The van der Waals surface area contributed by atoms with Crippen molar-refractivity contribution in [2.24, 2.45) is 0 Å². The zero-order valence-electron chi connectivity index (χ0n) is 10.5. The van der Waals surface area contributed by atoms with Gasteiger partial charge in [-0.25, -0.2) is 14.6 Å². The van der Waals surface area contributed by atoms with Crippen LogP contribution in [0.25, 0.3) is 16.7 Å². The van der Waals surface area contributed by atoms with Gasteiger partial charge in [-0.15, -0.1) is 5.10 Å². The molecule has 0 atom stereocenters. The Labute approximate surface area is 119 Å². The van der Waals surface area contributed by atoms with Crippen LogP contribution >= 0.6 is 11.6 Å². The Hall–Kier alpha value is -2.47. The van der Waals surface area contributed by atoms with Gasteiger partial charge in [0, 0.05) is 13.1 Å². The number of carbonyl (C=O) groups excluding carboxylic acids is 1. The quantitative estimate of drug-likeness (QED) is 0.785. The number of para-hydroxylation sites is 1. The molecule has 100 valence electrons. The number of fused-ring (bicyclic) bond motifs is 1. The molecule has 0 aliphatic rings. The number of anilines is 1. The van der Waals surface area contributed by atoms with Gasteiger partial charge in [0.1, 0.15) is 6.33 Å². The third-order valence-corrected chi connectivity index (χ3v) is 3.04. The van der Waals surface area contributed by atoms with Crippen molar-refractivity contribution in [2.75, 3.05) is 5.32 Å². The Balaban J connectivity index is 2.26. The van der Waals surface area contributed by atoms with E-state index in [1.807, 2.05) is 18.2 Å². The summed E-state index contributed by atoms with van der Waals surface area (Å²) in [5.41, 5.74) is 1.27. The molecule has 2 aromatic heterocycles. The van der Waals surface area contributed by atoms with Crippen LogP contribution in [-0.2, 0) is 4.79 Å². The first-order valence-electron chi connectivity index (χ1n) is 5.88. The van der Waals surface area contributed by atoms with Crippen LogP contribution in [0.2, 0.25) is 5.02 Å². The van der Waals surface area contributed by atoms with Gasteiger partial charge in [0.25, 0.3) is 0 Å². The van der Waals surface area contributed by atoms with E-state index >= 15 is 0 Å². The van der Waals surface area contributed by atoms with E-state index < -0.39 is 0 Å². The highest BCUT2D eigenvalue weighted by molar-refractivity contribution is 6.32. The summed E-state index contributed by atoms with van der Waals surface area (Å²) in [6.45, 7) is 1.42. The van der Waals surface area contributed by atoms with E-state index in [-0.39, 0.29) is 5.91 Å². The minimum Gasteiger partial charge on any atom is -0.309 e. The molecule has 1 aromatic carbocycles. The van der Waals surface area contributed by atoms with Gasteiger partial charge in [-0.05, 0) is 12.1 Å². The van der Waals surface area contributed by atoms with Crippen molar-refractivity contribution in [1.82, 2.24) is 19.7 Å². The zero-order chi connectivity index (χ0) is 14.1. The highest BCUT2D eigenvalue weighted by Gasteiger charge is 2.15. The summed E-state index contributed by atoms with van der Waals surface area (Å²) < 4.78 is 1.59. The van der Waals surface area contributed by atoms with Crippen LogP contribution in [0.1, 0.15) is 6.92 Å². The van der Waals surface area contributed by atoms with Gasteiger partial charge in [0.2, 0.25) is 5.91 Å². The predicted octanol–water partition coefficient (Wildman–Crippen LogP) is 2.43. The minimum atomic E-state index is -0.209. The summed E-state index contributed by atoms with van der Waals surface area (Å²) in [6.07, 6.45) is 3.03. The molecular formula is C13H10ClN5O. The Morgan fingerprint density at radius 1 is 1.35 bits per heavy atom. The third kappa shape index (κ3) is 2.10. The lowest BCUT2D eigenvalue weighted by atomic mass is 10.3. The molecule has 1 amide bonds. The second-order valence-electron chi connectivity index (χ2n) is 4.15. The number of rotatable bonds is 2. The summed E-state index contributed by atoms with van der Waals surface area (Å²) in [5.74, 6) is 0.201. The van der Waals surface area contributed by atoms with Gasteiger partial charge in [-0.3, -0.25) is 4.79 Å². The number of benzene rings is 1. The summed E-state index contributed by atoms with van der Waals surface area (Å²) in [7, 11) is 0. The number of hydrogen-bond acceptors (Lipinski definition) is 4. The van der Waals surface area contributed by atoms with Crippen LogP contribution in [0.5, 0.6) is 0 Å². The topological polar surface area (TPSA) is 72.7 Å². The van der Waals surface area contributed by atoms with Crippen molar-refractivity contribution in [3.8, 4) is 5.69 Å². The SMILES string of the molecule is CC(=O)Nc1nn(-c2ccccc2Cl)c2ncncc12. The summed E-state index contributed by atoms with van der Waals surface area (Å²) in [5, 5.41) is 8.22. The molecule has 0 spiro atoms. The number of halogens is 1. The van der Waals surface area contributed by atoms with Crippen molar-refractivity contribution < 1.29 is 4.79 Å². The van der Waals surface area contributed by atoms with E-state index in [9.17, 15) is 4.79 Å². The molecule has 0 fully saturated rings. The van der Waals surface area contributed by atoms with Crippen LogP contribution in [0.15, 0.2) is 36.8 Å². The molecular weight excluding hydrogens is 278 g/mol. The fourth-order valence-corrected chi connectivity index (χ4v) is 2.13. The van der Waals surface area contributed by atoms with Crippen LogP contribution in [-0.4, -0.2) is 25.7 Å². The maximum Gasteiger partial charge on any atom is 0.222 e. The molecule has 2 heterocycles. The summed E-state index contributed by atoms with van der Waals surface area (Å²) >= 11 is 6.18. The van der Waals surface area contributed by atoms with Crippen molar-refractivity contribution in [2.45, 2.75) is 6.92 Å². The fourth-order valence-electron chi connectivity index (χ4n) is 1.91. The largest absolute Gasteiger partial charge is 0.309 e. The van der Waals surface area contributed by atoms with Crippen LogP contribution in [0.4, 0.5) is 5.82 Å². The van der Waals surface area contributed by atoms with E-state index in [2.05, 4.69) is 20.4 Å². The van der Waals surface area contributed by atoms with E-state index in [0.29, 0.717) is 27.6 Å². The average molecular weight is 288 g/mol. The van der Waals surface area contributed by atoms with Gasteiger partial charge < -0.3 is 5.32 Å². The smallest absolute Gasteiger partial charge is 0.222 e. The highest BCUT2D eigenvalue weighted by Crippen LogP contribution is 2.26. The Bertz CT molecular complexity index is 798. The van der Waals surface area contributed by atoms with Gasteiger partial charge in [-0.1, -0.05) is 23.7 Å². The number of nitrogens with zero attached hydrogens (tertiary/aromatic N) is 4. The standard InChI is InChI=1S/C13H10ClN5O/c1-8(20)17-12-9-6-15-7-16-13(9)19(18-12)11-5-3-2-4-10(11)14/h2-7H,1H3,(H,17,18,20). The van der Waals surface area contributed by atoms with Gasteiger partial charge in [0.05, 0.1) is 16.1 Å². The molecule has 0 saturated heterocycles. The van der Waals surface area contributed by atoms with Crippen molar-refractivity contribution in [3.05, 3.63) is 41.8 Å². The monoisotopic (exact) mass is 287 g/mol. The first kappa shape index (κ1) is 12.6. The van der Waals surface area contributed by atoms with Crippen molar-refractivity contribution in [3.63, 3.8) is 0 Å². The molecule has 3 rings (SSSR count).